The first-order valence-electron chi connectivity index (χ1n) is 5.89. The molecule has 88 valence electrons. The van der Waals surface area contributed by atoms with Crippen molar-refractivity contribution in [1.29, 1.82) is 0 Å². The second kappa shape index (κ2) is 5.58. The largest absolute Gasteiger partial charge is 0.226 e. The average Bonchev–Trinajstić information content (AvgIpc) is 2.28. The highest BCUT2D eigenvalue weighted by molar-refractivity contribution is 9.11. The Bertz CT molecular complexity index is 348. The van der Waals surface area contributed by atoms with Gasteiger partial charge in [0.25, 0.3) is 0 Å². The van der Waals surface area contributed by atoms with E-state index in [4.69, 9.17) is 0 Å². The molecule has 2 nitrogen and oxygen atoms in total. The van der Waals surface area contributed by atoms with Gasteiger partial charge in [0.15, 0.2) is 0 Å². The van der Waals surface area contributed by atoms with Gasteiger partial charge in [-0.2, -0.15) is 0 Å². The van der Waals surface area contributed by atoms with Crippen LogP contribution in [0.5, 0.6) is 0 Å². The van der Waals surface area contributed by atoms with Gasteiger partial charge in [0.1, 0.15) is 15.0 Å². The Morgan fingerprint density at radius 1 is 1.25 bits per heavy atom. The van der Waals surface area contributed by atoms with Gasteiger partial charge >= 0.3 is 0 Å². The molecule has 2 unspecified atom stereocenters. The quantitative estimate of drug-likeness (QED) is 0.725. The fourth-order valence-corrected chi connectivity index (χ4v) is 3.59. The van der Waals surface area contributed by atoms with Crippen LogP contribution in [0.3, 0.4) is 0 Å². The van der Waals surface area contributed by atoms with Gasteiger partial charge in [0.05, 0.1) is 0 Å². The first-order valence-corrected chi connectivity index (χ1v) is 7.47. The van der Waals surface area contributed by atoms with E-state index in [9.17, 15) is 0 Å². The minimum atomic E-state index is 0.549. The summed E-state index contributed by atoms with van der Waals surface area (Å²) in [5.74, 6) is 2.41. The molecule has 0 N–H and O–H groups in total. The van der Waals surface area contributed by atoms with Crippen LogP contribution >= 0.6 is 31.9 Å². The van der Waals surface area contributed by atoms with E-state index in [1.54, 1.807) is 0 Å². The number of rotatable bonds is 2. The molecule has 0 radical (unpaired) electrons. The highest BCUT2D eigenvalue weighted by Crippen LogP contribution is 2.36. The summed E-state index contributed by atoms with van der Waals surface area (Å²) >= 11 is 6.86. The van der Waals surface area contributed by atoms with Crippen LogP contribution in [0.2, 0.25) is 0 Å². The molecule has 4 heteroatoms. The van der Waals surface area contributed by atoms with Gasteiger partial charge < -0.3 is 0 Å². The lowest BCUT2D eigenvalue weighted by atomic mass is 9.80. The fourth-order valence-electron chi connectivity index (χ4n) is 2.49. The Morgan fingerprint density at radius 2 is 1.94 bits per heavy atom. The van der Waals surface area contributed by atoms with Gasteiger partial charge in [-0.3, -0.25) is 0 Å². The Labute approximate surface area is 114 Å². The Balaban J connectivity index is 2.16. The van der Waals surface area contributed by atoms with Crippen molar-refractivity contribution >= 4 is 31.9 Å². The molecule has 1 aromatic heterocycles. The topological polar surface area (TPSA) is 25.8 Å². The zero-order valence-electron chi connectivity index (χ0n) is 9.42. The molecule has 0 bridgehead atoms. The SMILES string of the molecule is CCC1CCCC(c2nc(Br)cc(Br)n2)C1. The van der Waals surface area contributed by atoms with Crippen molar-refractivity contribution in [3.8, 4) is 0 Å². The summed E-state index contributed by atoms with van der Waals surface area (Å²) in [5, 5.41) is 0. The lowest BCUT2D eigenvalue weighted by molar-refractivity contribution is 0.307. The van der Waals surface area contributed by atoms with Crippen molar-refractivity contribution in [3.05, 3.63) is 21.1 Å². The van der Waals surface area contributed by atoms with E-state index < -0.39 is 0 Å². The average molecular weight is 348 g/mol. The Hall–Kier alpha value is 0.0400. The van der Waals surface area contributed by atoms with E-state index in [1.807, 2.05) is 6.07 Å². The summed E-state index contributed by atoms with van der Waals surface area (Å²) in [6.07, 6.45) is 6.46. The van der Waals surface area contributed by atoms with Crippen molar-refractivity contribution in [3.63, 3.8) is 0 Å². The predicted octanol–water partition coefficient (Wildman–Crippen LogP) is 4.69. The molecule has 2 atom stereocenters. The molecule has 1 aromatic rings. The second-order valence-electron chi connectivity index (χ2n) is 4.51. The van der Waals surface area contributed by atoms with E-state index >= 15 is 0 Å². The molecule has 0 amide bonds. The van der Waals surface area contributed by atoms with Crippen LogP contribution in [-0.4, -0.2) is 9.97 Å². The molecule has 0 spiro atoms. The summed E-state index contributed by atoms with van der Waals surface area (Å²) in [4.78, 5) is 9.00. The first kappa shape index (κ1) is 12.5. The molecule has 1 aliphatic carbocycles. The lowest BCUT2D eigenvalue weighted by Gasteiger charge is -2.27. The Morgan fingerprint density at radius 3 is 2.56 bits per heavy atom. The molecule has 1 aliphatic rings. The molecule has 1 heterocycles. The van der Waals surface area contributed by atoms with Crippen LogP contribution in [0.1, 0.15) is 50.8 Å². The van der Waals surface area contributed by atoms with Crippen LogP contribution in [-0.2, 0) is 0 Å². The zero-order valence-corrected chi connectivity index (χ0v) is 12.6. The molecular formula is C12H16Br2N2. The number of hydrogen-bond donors (Lipinski definition) is 0. The number of halogens is 2. The summed E-state index contributed by atoms with van der Waals surface area (Å²) in [5.41, 5.74) is 0. The van der Waals surface area contributed by atoms with Gasteiger partial charge in [-0.1, -0.05) is 26.2 Å². The van der Waals surface area contributed by atoms with E-state index in [2.05, 4.69) is 48.8 Å². The van der Waals surface area contributed by atoms with E-state index in [0.29, 0.717) is 5.92 Å². The molecule has 1 saturated carbocycles. The van der Waals surface area contributed by atoms with Crippen LogP contribution in [0.15, 0.2) is 15.3 Å². The van der Waals surface area contributed by atoms with Gasteiger partial charge in [-0.25, -0.2) is 9.97 Å². The highest BCUT2D eigenvalue weighted by atomic mass is 79.9. The van der Waals surface area contributed by atoms with Crippen molar-refractivity contribution < 1.29 is 0 Å². The van der Waals surface area contributed by atoms with Crippen molar-refractivity contribution in [2.24, 2.45) is 5.92 Å². The number of hydrogen-bond acceptors (Lipinski definition) is 2. The van der Waals surface area contributed by atoms with Gasteiger partial charge in [0, 0.05) is 12.0 Å². The number of nitrogens with zero attached hydrogens (tertiary/aromatic N) is 2. The van der Waals surface area contributed by atoms with Gasteiger partial charge in [0.2, 0.25) is 0 Å². The first-order chi connectivity index (χ1) is 7.69. The third-order valence-electron chi connectivity index (χ3n) is 3.41. The standard InChI is InChI=1S/C12H16Br2N2/c1-2-8-4-3-5-9(6-8)12-15-10(13)7-11(14)16-12/h7-9H,2-6H2,1H3. The second-order valence-corrected chi connectivity index (χ2v) is 6.13. The smallest absolute Gasteiger partial charge is 0.134 e. The maximum atomic E-state index is 4.50. The highest BCUT2D eigenvalue weighted by Gasteiger charge is 2.24. The maximum absolute atomic E-state index is 4.50. The van der Waals surface area contributed by atoms with E-state index in [0.717, 1.165) is 20.9 Å². The van der Waals surface area contributed by atoms with E-state index in [1.165, 1.54) is 32.1 Å². The minimum Gasteiger partial charge on any atom is -0.226 e. The summed E-state index contributed by atoms with van der Waals surface area (Å²) in [7, 11) is 0. The molecule has 0 saturated heterocycles. The van der Waals surface area contributed by atoms with E-state index in [-0.39, 0.29) is 0 Å². The monoisotopic (exact) mass is 346 g/mol. The molecule has 1 fully saturated rings. The van der Waals surface area contributed by atoms with Gasteiger partial charge in [-0.05, 0) is 50.6 Å². The zero-order chi connectivity index (χ0) is 11.5. The third-order valence-corrected chi connectivity index (χ3v) is 4.22. The molecular weight excluding hydrogens is 332 g/mol. The molecule has 2 rings (SSSR count). The minimum absolute atomic E-state index is 0.549. The molecule has 0 aromatic carbocycles. The normalized spacial score (nSPS) is 25.7. The molecule has 0 aliphatic heterocycles. The van der Waals surface area contributed by atoms with Crippen LogP contribution in [0.4, 0.5) is 0 Å². The van der Waals surface area contributed by atoms with Crippen LogP contribution < -0.4 is 0 Å². The number of aromatic nitrogens is 2. The van der Waals surface area contributed by atoms with Crippen molar-refractivity contribution in [2.45, 2.75) is 44.9 Å². The third kappa shape index (κ3) is 3.04. The summed E-state index contributed by atoms with van der Waals surface area (Å²) in [6, 6.07) is 1.89. The van der Waals surface area contributed by atoms with Crippen LogP contribution in [0.25, 0.3) is 0 Å². The summed E-state index contributed by atoms with van der Waals surface area (Å²) in [6.45, 7) is 2.28. The van der Waals surface area contributed by atoms with Crippen LogP contribution in [0, 0.1) is 5.92 Å². The van der Waals surface area contributed by atoms with Gasteiger partial charge in [-0.15, -0.1) is 0 Å². The van der Waals surface area contributed by atoms with Crippen molar-refractivity contribution in [1.82, 2.24) is 9.97 Å². The lowest BCUT2D eigenvalue weighted by Crippen LogP contribution is -2.16. The fraction of sp³-hybridized carbons (Fsp3) is 0.667. The Kier molecular flexibility index (Phi) is 4.36. The molecule has 16 heavy (non-hydrogen) atoms. The maximum Gasteiger partial charge on any atom is 0.134 e. The predicted molar refractivity (Wildman–Crippen MR) is 72.4 cm³/mol. The van der Waals surface area contributed by atoms with Crippen molar-refractivity contribution in [2.75, 3.05) is 0 Å². The summed E-state index contributed by atoms with van der Waals surface area (Å²) < 4.78 is 1.76.